The average Bonchev–Trinajstić information content (AvgIpc) is 3.24. The van der Waals surface area contributed by atoms with E-state index in [4.69, 9.17) is 0 Å². The fourth-order valence-electron chi connectivity index (χ4n) is 3.58. The van der Waals surface area contributed by atoms with Gasteiger partial charge in [-0.2, -0.15) is 0 Å². The first kappa shape index (κ1) is 19.1. The molecule has 1 unspecified atom stereocenters. The number of fused-ring (bicyclic) bond motifs is 2. The van der Waals surface area contributed by atoms with Gasteiger partial charge in [-0.25, -0.2) is 0 Å². The summed E-state index contributed by atoms with van der Waals surface area (Å²) >= 11 is 1.88. The summed E-state index contributed by atoms with van der Waals surface area (Å²) in [4.78, 5) is 15.9. The maximum Gasteiger partial charge on any atom is 0.223 e. The molecule has 1 amide bonds. The molecule has 1 atom stereocenters. The summed E-state index contributed by atoms with van der Waals surface area (Å²) < 4.78 is 3.53. The van der Waals surface area contributed by atoms with Crippen molar-refractivity contribution in [3.8, 4) is 0 Å². The zero-order chi connectivity index (χ0) is 19.5. The van der Waals surface area contributed by atoms with Crippen LogP contribution in [0.25, 0.3) is 10.1 Å². The molecule has 1 aliphatic rings. The van der Waals surface area contributed by atoms with Crippen LogP contribution in [0.2, 0.25) is 0 Å². The first-order valence-corrected chi connectivity index (χ1v) is 10.8. The van der Waals surface area contributed by atoms with Crippen molar-refractivity contribution in [2.24, 2.45) is 5.92 Å². The molecule has 6 nitrogen and oxygen atoms in total. The molecular weight excluding hydrogens is 370 g/mol. The van der Waals surface area contributed by atoms with Gasteiger partial charge in [-0.1, -0.05) is 32.0 Å². The summed E-state index contributed by atoms with van der Waals surface area (Å²) in [7, 11) is 0. The third-order valence-corrected chi connectivity index (χ3v) is 6.63. The molecule has 0 radical (unpaired) electrons. The van der Waals surface area contributed by atoms with Gasteiger partial charge in [-0.05, 0) is 23.9 Å². The lowest BCUT2D eigenvalue weighted by atomic mass is 10.1. The first-order valence-electron chi connectivity index (χ1n) is 10.0. The summed E-state index contributed by atoms with van der Waals surface area (Å²) in [6.07, 6.45) is 1.73. The highest BCUT2D eigenvalue weighted by Crippen LogP contribution is 2.26. The highest BCUT2D eigenvalue weighted by molar-refractivity contribution is 7.19. The van der Waals surface area contributed by atoms with Crippen molar-refractivity contribution in [1.29, 1.82) is 0 Å². The van der Waals surface area contributed by atoms with Crippen LogP contribution in [0.5, 0.6) is 0 Å². The quantitative estimate of drug-likeness (QED) is 0.694. The molecule has 1 aliphatic heterocycles. The number of hydrogen-bond acceptors (Lipinski definition) is 5. The molecular formula is C21H27N5OS. The molecule has 0 bridgehead atoms. The molecule has 1 aromatic carbocycles. The predicted octanol–water partition coefficient (Wildman–Crippen LogP) is 3.21. The second-order valence-electron chi connectivity index (χ2n) is 7.49. The molecule has 0 fully saturated rings. The Balaban J connectivity index is 1.38. The summed E-state index contributed by atoms with van der Waals surface area (Å²) in [5.41, 5.74) is 0. The van der Waals surface area contributed by atoms with Crippen LogP contribution in [0.4, 0.5) is 0 Å². The van der Waals surface area contributed by atoms with Gasteiger partial charge in [-0.3, -0.25) is 9.69 Å². The number of rotatable bonds is 6. The Labute approximate surface area is 169 Å². The van der Waals surface area contributed by atoms with Crippen LogP contribution in [0.1, 0.15) is 36.8 Å². The minimum Gasteiger partial charge on any atom is -0.349 e. The van der Waals surface area contributed by atoms with Gasteiger partial charge < -0.3 is 9.88 Å². The third kappa shape index (κ3) is 4.10. The van der Waals surface area contributed by atoms with E-state index in [-0.39, 0.29) is 11.8 Å². The molecule has 0 saturated carbocycles. The molecule has 148 valence electrons. The Morgan fingerprint density at radius 3 is 2.93 bits per heavy atom. The van der Waals surface area contributed by atoms with Crippen LogP contribution >= 0.6 is 11.3 Å². The minimum atomic E-state index is 0.0309. The van der Waals surface area contributed by atoms with E-state index in [9.17, 15) is 4.79 Å². The smallest absolute Gasteiger partial charge is 0.223 e. The number of thiophene rings is 1. The van der Waals surface area contributed by atoms with E-state index in [0.717, 1.165) is 50.7 Å². The Hall–Kier alpha value is -2.25. The highest BCUT2D eigenvalue weighted by atomic mass is 32.1. The molecule has 1 N–H and O–H groups in total. The first-order chi connectivity index (χ1) is 13.6. The summed E-state index contributed by atoms with van der Waals surface area (Å²) in [6.45, 7) is 8.20. The van der Waals surface area contributed by atoms with Gasteiger partial charge in [0.2, 0.25) is 5.91 Å². The van der Waals surface area contributed by atoms with E-state index in [1.54, 1.807) is 0 Å². The van der Waals surface area contributed by atoms with Gasteiger partial charge >= 0.3 is 0 Å². The van der Waals surface area contributed by atoms with Crippen LogP contribution in [0.3, 0.4) is 0 Å². The topological polar surface area (TPSA) is 63.1 Å². The zero-order valence-electron chi connectivity index (χ0n) is 16.5. The molecule has 3 aromatic rings. The summed E-state index contributed by atoms with van der Waals surface area (Å²) in [6, 6.07) is 10.9. The van der Waals surface area contributed by atoms with Crippen LogP contribution < -0.4 is 5.32 Å². The number of carbonyl (C=O) groups is 1. The number of nitrogens with zero attached hydrogens (tertiary/aromatic N) is 4. The monoisotopic (exact) mass is 397 g/mol. The van der Waals surface area contributed by atoms with Crippen LogP contribution in [-0.4, -0.2) is 38.7 Å². The molecule has 2 aromatic heterocycles. The van der Waals surface area contributed by atoms with Gasteiger partial charge in [0.1, 0.15) is 5.82 Å². The summed E-state index contributed by atoms with van der Waals surface area (Å²) in [5, 5.41) is 13.0. The van der Waals surface area contributed by atoms with Gasteiger partial charge in [0, 0.05) is 48.1 Å². The van der Waals surface area contributed by atoms with Gasteiger partial charge in [0.25, 0.3) is 0 Å². The van der Waals surface area contributed by atoms with Gasteiger partial charge in [-0.15, -0.1) is 21.5 Å². The van der Waals surface area contributed by atoms with E-state index < -0.39 is 0 Å². The van der Waals surface area contributed by atoms with E-state index in [2.05, 4.69) is 55.3 Å². The van der Waals surface area contributed by atoms with E-state index >= 15 is 0 Å². The third-order valence-electron chi connectivity index (χ3n) is 5.53. The van der Waals surface area contributed by atoms with E-state index in [0.29, 0.717) is 6.54 Å². The van der Waals surface area contributed by atoms with Crippen molar-refractivity contribution in [3.63, 3.8) is 0 Å². The zero-order valence-corrected chi connectivity index (χ0v) is 17.3. The van der Waals surface area contributed by atoms with Crippen molar-refractivity contribution < 1.29 is 4.79 Å². The van der Waals surface area contributed by atoms with Crippen molar-refractivity contribution in [1.82, 2.24) is 25.0 Å². The van der Waals surface area contributed by atoms with E-state index in [1.165, 1.54) is 15.0 Å². The maximum atomic E-state index is 12.1. The number of hydrogen-bond donors (Lipinski definition) is 1. The Kier molecular flexibility index (Phi) is 5.73. The van der Waals surface area contributed by atoms with Crippen molar-refractivity contribution in [2.75, 3.05) is 13.1 Å². The molecule has 0 saturated heterocycles. The standard InChI is InChI=1S/C21H27N5OS/c1-3-15(2)21(27)22-13-20-24-23-19-8-9-25(10-11-26(19)20)14-17-12-16-6-4-5-7-18(16)28-17/h4-7,12,15H,3,8-11,13-14H2,1-2H3,(H,22,27). The number of carbonyl (C=O) groups excluding carboxylic acids is 1. The lowest BCUT2D eigenvalue weighted by Crippen LogP contribution is -2.30. The predicted molar refractivity (Wildman–Crippen MR) is 112 cm³/mol. The number of amides is 1. The van der Waals surface area contributed by atoms with Crippen LogP contribution in [0, 0.1) is 5.92 Å². The average molecular weight is 398 g/mol. The minimum absolute atomic E-state index is 0.0309. The van der Waals surface area contributed by atoms with Crippen molar-refractivity contribution in [3.05, 3.63) is 46.9 Å². The molecule has 0 spiro atoms. The highest BCUT2D eigenvalue weighted by Gasteiger charge is 2.20. The van der Waals surface area contributed by atoms with E-state index in [1.807, 2.05) is 25.2 Å². The van der Waals surface area contributed by atoms with Crippen molar-refractivity contribution >= 4 is 27.3 Å². The van der Waals surface area contributed by atoms with Crippen LogP contribution in [0.15, 0.2) is 30.3 Å². The van der Waals surface area contributed by atoms with Gasteiger partial charge in [0.15, 0.2) is 5.82 Å². The number of nitrogens with one attached hydrogen (secondary N) is 1. The largest absolute Gasteiger partial charge is 0.349 e. The molecule has 3 heterocycles. The molecule has 7 heteroatoms. The second-order valence-corrected chi connectivity index (χ2v) is 8.66. The fraction of sp³-hybridized carbons (Fsp3) is 0.476. The molecule has 28 heavy (non-hydrogen) atoms. The molecule has 0 aliphatic carbocycles. The second kappa shape index (κ2) is 8.41. The Morgan fingerprint density at radius 1 is 1.25 bits per heavy atom. The lowest BCUT2D eigenvalue weighted by Gasteiger charge is -2.18. The fourth-order valence-corrected chi connectivity index (χ4v) is 4.68. The normalized spacial score (nSPS) is 15.9. The van der Waals surface area contributed by atoms with Crippen LogP contribution in [-0.2, 0) is 30.8 Å². The van der Waals surface area contributed by atoms with Crippen molar-refractivity contribution in [2.45, 2.75) is 46.3 Å². The summed E-state index contributed by atoms with van der Waals surface area (Å²) in [5.74, 6) is 1.99. The SMILES string of the molecule is CCC(C)C(=O)NCc1nnc2n1CCN(Cc1cc3ccccc3s1)CC2. The number of benzene rings is 1. The molecule has 4 rings (SSSR count). The Morgan fingerprint density at radius 2 is 2.11 bits per heavy atom. The maximum absolute atomic E-state index is 12.1. The number of aromatic nitrogens is 3. The Bertz CT molecular complexity index is 930. The van der Waals surface area contributed by atoms with Gasteiger partial charge in [0.05, 0.1) is 6.54 Å². The lowest BCUT2D eigenvalue weighted by molar-refractivity contribution is -0.124.